The van der Waals surface area contributed by atoms with Gasteiger partial charge in [-0.2, -0.15) is 0 Å². The maximum atomic E-state index is 10.9. The van der Waals surface area contributed by atoms with Crippen molar-refractivity contribution in [2.75, 3.05) is 19.6 Å². The molecule has 1 aliphatic heterocycles. The molecule has 0 aromatic carbocycles. The monoisotopic (exact) mass is 191 g/mol. The number of likely N-dealkylation sites (tertiary alicyclic amines) is 1. The van der Waals surface area contributed by atoms with Crippen LogP contribution in [0.1, 0.15) is 26.7 Å². The van der Waals surface area contributed by atoms with Crippen LogP contribution in [-0.4, -0.2) is 38.0 Å². The summed E-state index contributed by atoms with van der Waals surface area (Å²) in [6.45, 7) is 6.57. The number of rotatable bonds is 3. The molecule has 0 bridgehead atoms. The third-order valence-electron chi connectivity index (χ3n) is 2.28. The van der Waals surface area contributed by atoms with Gasteiger partial charge in [-0.25, -0.2) is 4.21 Å². The fraction of sp³-hybridized carbons (Fsp3) is 1.00. The van der Waals surface area contributed by atoms with E-state index in [0.717, 1.165) is 19.6 Å². The zero-order valence-electron chi connectivity index (χ0n) is 7.75. The molecule has 1 atom stereocenters. The van der Waals surface area contributed by atoms with Crippen LogP contribution in [0.4, 0.5) is 0 Å². The molecule has 1 unspecified atom stereocenters. The molecule has 1 N–H and O–H groups in total. The SMILES string of the molecule is CC(C)(CN1CCCC1)S(=O)O. The standard InChI is InChI=1S/C8H17NO2S/c1-8(2,12(10)11)7-9-5-3-4-6-9/h3-7H2,1-2H3,(H,10,11). The van der Waals surface area contributed by atoms with E-state index in [1.807, 2.05) is 13.8 Å². The first kappa shape index (κ1) is 10.2. The van der Waals surface area contributed by atoms with Gasteiger partial charge in [0.25, 0.3) is 0 Å². The second-order valence-electron chi connectivity index (χ2n) is 3.99. The van der Waals surface area contributed by atoms with E-state index in [4.69, 9.17) is 4.55 Å². The molecule has 12 heavy (non-hydrogen) atoms. The first-order chi connectivity index (χ1) is 5.52. The van der Waals surface area contributed by atoms with Crippen LogP contribution in [0.15, 0.2) is 0 Å². The minimum atomic E-state index is -1.71. The van der Waals surface area contributed by atoms with Gasteiger partial charge in [0.05, 0.1) is 4.75 Å². The van der Waals surface area contributed by atoms with E-state index >= 15 is 0 Å². The summed E-state index contributed by atoms with van der Waals surface area (Å²) in [5.74, 6) is 0. The topological polar surface area (TPSA) is 40.5 Å². The summed E-state index contributed by atoms with van der Waals surface area (Å²) in [4.78, 5) is 2.26. The molecular weight excluding hydrogens is 174 g/mol. The summed E-state index contributed by atoms with van der Waals surface area (Å²) in [6.07, 6.45) is 2.46. The van der Waals surface area contributed by atoms with Crippen molar-refractivity contribution in [3.8, 4) is 0 Å². The minimum absolute atomic E-state index is 0.482. The highest BCUT2D eigenvalue weighted by atomic mass is 32.2. The Morgan fingerprint density at radius 1 is 1.42 bits per heavy atom. The summed E-state index contributed by atoms with van der Waals surface area (Å²) >= 11 is -1.71. The van der Waals surface area contributed by atoms with Gasteiger partial charge < -0.3 is 9.45 Å². The largest absolute Gasteiger partial charge is 0.306 e. The Hall–Kier alpha value is 0.0700. The number of hydrogen-bond acceptors (Lipinski definition) is 2. The fourth-order valence-corrected chi connectivity index (χ4v) is 1.83. The van der Waals surface area contributed by atoms with E-state index in [9.17, 15) is 4.21 Å². The summed E-state index contributed by atoms with van der Waals surface area (Å²) in [5, 5.41) is 0. The van der Waals surface area contributed by atoms with Crippen molar-refractivity contribution in [1.82, 2.24) is 4.90 Å². The Bertz CT molecular complexity index is 176. The lowest BCUT2D eigenvalue weighted by atomic mass is 10.2. The molecule has 0 aromatic heterocycles. The number of nitrogens with zero attached hydrogens (tertiary/aromatic N) is 1. The van der Waals surface area contributed by atoms with Gasteiger partial charge in [0, 0.05) is 6.54 Å². The minimum Gasteiger partial charge on any atom is -0.306 e. The molecule has 0 radical (unpaired) electrons. The lowest BCUT2D eigenvalue weighted by Gasteiger charge is -2.26. The number of hydrogen-bond donors (Lipinski definition) is 1. The fourth-order valence-electron chi connectivity index (χ4n) is 1.53. The van der Waals surface area contributed by atoms with E-state index in [-0.39, 0.29) is 0 Å². The first-order valence-electron chi connectivity index (χ1n) is 4.36. The van der Waals surface area contributed by atoms with Crippen LogP contribution in [0.5, 0.6) is 0 Å². The van der Waals surface area contributed by atoms with Gasteiger partial charge in [0.15, 0.2) is 11.1 Å². The van der Waals surface area contributed by atoms with Gasteiger partial charge in [-0.05, 0) is 39.8 Å². The van der Waals surface area contributed by atoms with E-state index < -0.39 is 15.8 Å². The van der Waals surface area contributed by atoms with Crippen LogP contribution >= 0.6 is 0 Å². The molecule has 1 heterocycles. The van der Waals surface area contributed by atoms with E-state index in [0.29, 0.717) is 0 Å². The third-order valence-corrected chi connectivity index (χ3v) is 3.35. The highest BCUT2D eigenvalue weighted by Gasteiger charge is 2.28. The van der Waals surface area contributed by atoms with E-state index in [1.165, 1.54) is 12.8 Å². The summed E-state index contributed by atoms with van der Waals surface area (Å²) < 4.78 is 19.4. The molecule has 0 spiro atoms. The Morgan fingerprint density at radius 2 is 1.92 bits per heavy atom. The molecule has 0 saturated carbocycles. The smallest absolute Gasteiger partial charge is 0.159 e. The highest BCUT2D eigenvalue weighted by molar-refractivity contribution is 7.80. The maximum absolute atomic E-state index is 10.9. The van der Waals surface area contributed by atoms with Crippen molar-refractivity contribution in [3.63, 3.8) is 0 Å². The third kappa shape index (κ3) is 2.54. The van der Waals surface area contributed by atoms with Crippen LogP contribution in [0.2, 0.25) is 0 Å². The molecular formula is C8H17NO2S. The van der Waals surface area contributed by atoms with Crippen molar-refractivity contribution in [2.24, 2.45) is 0 Å². The molecule has 1 saturated heterocycles. The van der Waals surface area contributed by atoms with Gasteiger partial charge in [-0.1, -0.05) is 0 Å². The molecule has 1 aliphatic rings. The molecule has 3 nitrogen and oxygen atoms in total. The van der Waals surface area contributed by atoms with Crippen LogP contribution in [0.25, 0.3) is 0 Å². The molecule has 72 valence electrons. The molecule has 0 amide bonds. The Morgan fingerprint density at radius 3 is 2.33 bits per heavy atom. The molecule has 0 aromatic rings. The predicted octanol–water partition coefficient (Wildman–Crippen LogP) is 1.08. The van der Waals surface area contributed by atoms with Gasteiger partial charge in [0.2, 0.25) is 0 Å². The van der Waals surface area contributed by atoms with E-state index in [2.05, 4.69) is 4.90 Å². The van der Waals surface area contributed by atoms with Gasteiger partial charge in [-0.3, -0.25) is 0 Å². The average molecular weight is 191 g/mol. The molecule has 1 fully saturated rings. The Labute approximate surface area is 76.4 Å². The van der Waals surface area contributed by atoms with Gasteiger partial charge in [-0.15, -0.1) is 0 Å². The Balaban J connectivity index is 2.42. The second kappa shape index (κ2) is 3.85. The average Bonchev–Trinajstić information content (AvgIpc) is 2.38. The first-order valence-corrected chi connectivity index (χ1v) is 5.46. The van der Waals surface area contributed by atoms with Crippen LogP contribution in [0, 0.1) is 0 Å². The zero-order chi connectivity index (χ0) is 9.19. The Kier molecular flexibility index (Phi) is 3.26. The molecule has 0 aliphatic carbocycles. The van der Waals surface area contributed by atoms with Gasteiger partial charge in [0.1, 0.15) is 0 Å². The summed E-state index contributed by atoms with van der Waals surface area (Å²) in [6, 6.07) is 0. The van der Waals surface area contributed by atoms with Crippen LogP contribution < -0.4 is 0 Å². The van der Waals surface area contributed by atoms with Crippen LogP contribution in [-0.2, 0) is 11.1 Å². The normalized spacial score (nSPS) is 22.9. The van der Waals surface area contributed by atoms with Crippen LogP contribution in [0.3, 0.4) is 0 Å². The predicted molar refractivity (Wildman–Crippen MR) is 50.5 cm³/mol. The maximum Gasteiger partial charge on any atom is 0.159 e. The summed E-state index contributed by atoms with van der Waals surface area (Å²) in [5.41, 5.74) is 0. The quantitative estimate of drug-likeness (QED) is 0.679. The lowest BCUT2D eigenvalue weighted by Crippen LogP contribution is -2.40. The molecule has 1 rings (SSSR count). The van der Waals surface area contributed by atoms with Crippen molar-refractivity contribution < 1.29 is 8.76 Å². The van der Waals surface area contributed by atoms with Gasteiger partial charge >= 0.3 is 0 Å². The highest BCUT2D eigenvalue weighted by Crippen LogP contribution is 2.16. The van der Waals surface area contributed by atoms with Crippen molar-refractivity contribution >= 4 is 11.1 Å². The second-order valence-corrected chi connectivity index (χ2v) is 5.60. The summed E-state index contributed by atoms with van der Waals surface area (Å²) in [7, 11) is 0. The van der Waals surface area contributed by atoms with Crippen molar-refractivity contribution in [1.29, 1.82) is 0 Å². The van der Waals surface area contributed by atoms with E-state index in [1.54, 1.807) is 0 Å². The molecule has 4 heteroatoms. The lowest BCUT2D eigenvalue weighted by molar-refractivity contribution is 0.304. The van der Waals surface area contributed by atoms with Crippen molar-refractivity contribution in [3.05, 3.63) is 0 Å². The van der Waals surface area contributed by atoms with Crippen molar-refractivity contribution in [2.45, 2.75) is 31.4 Å². The zero-order valence-corrected chi connectivity index (χ0v) is 8.56.